The van der Waals surface area contributed by atoms with Crippen LogP contribution in [0.25, 0.3) is 0 Å². The number of hydrogen-bond acceptors (Lipinski definition) is 3. The molecule has 0 atom stereocenters. The zero-order chi connectivity index (χ0) is 10.3. The van der Waals surface area contributed by atoms with Crippen LogP contribution in [0.4, 0.5) is 0 Å². The second kappa shape index (κ2) is 6.00. The maximum absolute atomic E-state index is 9.13. The van der Waals surface area contributed by atoms with Crippen molar-refractivity contribution in [2.45, 2.75) is 50.5 Å². The van der Waals surface area contributed by atoms with Gasteiger partial charge in [-0.25, -0.2) is 0 Å². The first-order valence-corrected chi connectivity index (χ1v) is 5.49. The molecule has 0 radical (unpaired) electrons. The van der Waals surface area contributed by atoms with E-state index in [1.54, 1.807) is 0 Å². The predicted molar refractivity (Wildman–Crippen MR) is 53.7 cm³/mol. The summed E-state index contributed by atoms with van der Waals surface area (Å²) in [6, 6.07) is 2.31. The highest BCUT2D eigenvalue weighted by molar-refractivity contribution is 5.02. The summed E-state index contributed by atoms with van der Waals surface area (Å²) in [5, 5.41) is 17.8. The van der Waals surface area contributed by atoms with Crippen molar-refractivity contribution in [3.63, 3.8) is 0 Å². The molecular weight excluding hydrogens is 178 g/mol. The molecule has 1 fully saturated rings. The maximum Gasteiger partial charge on any atom is 0.154 e. The Hall–Kier alpha value is -0.590. The van der Waals surface area contributed by atoms with Crippen LogP contribution in [0.3, 0.4) is 0 Å². The van der Waals surface area contributed by atoms with Crippen LogP contribution in [-0.2, 0) is 4.74 Å². The largest absolute Gasteiger partial charge is 0.396 e. The topological polar surface area (TPSA) is 53.2 Å². The Balaban J connectivity index is 2.42. The summed E-state index contributed by atoms with van der Waals surface area (Å²) in [5.41, 5.74) is -0.550. The Bertz CT molecular complexity index is 190. The van der Waals surface area contributed by atoms with E-state index >= 15 is 0 Å². The monoisotopic (exact) mass is 197 g/mol. The van der Waals surface area contributed by atoms with Gasteiger partial charge in [0.25, 0.3) is 0 Å². The number of aliphatic hydroxyl groups excluding tert-OH is 1. The molecule has 0 saturated heterocycles. The lowest BCUT2D eigenvalue weighted by Crippen LogP contribution is -2.30. The highest BCUT2D eigenvalue weighted by Crippen LogP contribution is 2.29. The van der Waals surface area contributed by atoms with Gasteiger partial charge in [-0.2, -0.15) is 5.26 Å². The lowest BCUT2D eigenvalue weighted by Gasteiger charge is -2.25. The van der Waals surface area contributed by atoms with E-state index in [4.69, 9.17) is 15.1 Å². The summed E-state index contributed by atoms with van der Waals surface area (Å²) in [7, 11) is 0. The van der Waals surface area contributed by atoms with Crippen molar-refractivity contribution in [2.75, 3.05) is 13.2 Å². The Labute approximate surface area is 85.7 Å². The van der Waals surface area contributed by atoms with Gasteiger partial charge in [-0.1, -0.05) is 12.8 Å². The van der Waals surface area contributed by atoms with E-state index in [9.17, 15) is 0 Å². The molecule has 1 aliphatic carbocycles. The van der Waals surface area contributed by atoms with Crippen LogP contribution in [-0.4, -0.2) is 23.9 Å². The fourth-order valence-electron chi connectivity index (χ4n) is 1.92. The van der Waals surface area contributed by atoms with E-state index < -0.39 is 5.60 Å². The summed E-state index contributed by atoms with van der Waals surface area (Å²) >= 11 is 0. The van der Waals surface area contributed by atoms with E-state index in [2.05, 4.69) is 6.07 Å². The lowest BCUT2D eigenvalue weighted by molar-refractivity contribution is -0.0183. The molecule has 0 unspecified atom stereocenters. The molecular formula is C11H19NO2. The highest BCUT2D eigenvalue weighted by Gasteiger charge is 2.31. The minimum absolute atomic E-state index is 0.140. The van der Waals surface area contributed by atoms with Crippen molar-refractivity contribution in [2.24, 2.45) is 0 Å². The predicted octanol–water partition coefficient (Wildman–Crippen LogP) is 2.00. The summed E-state index contributed by atoms with van der Waals surface area (Å²) in [4.78, 5) is 0. The quantitative estimate of drug-likeness (QED) is 0.554. The van der Waals surface area contributed by atoms with Crippen molar-refractivity contribution >= 4 is 0 Å². The first-order valence-electron chi connectivity index (χ1n) is 5.49. The van der Waals surface area contributed by atoms with E-state index in [1.807, 2.05) is 0 Å². The summed E-state index contributed by atoms with van der Waals surface area (Å²) < 4.78 is 5.62. The molecule has 0 spiro atoms. The Morgan fingerprint density at radius 2 is 1.86 bits per heavy atom. The molecule has 0 amide bonds. The van der Waals surface area contributed by atoms with Crippen LogP contribution in [0.5, 0.6) is 0 Å². The van der Waals surface area contributed by atoms with Gasteiger partial charge in [0.15, 0.2) is 5.60 Å². The van der Waals surface area contributed by atoms with Crippen LogP contribution >= 0.6 is 0 Å². The molecule has 1 rings (SSSR count). The number of hydrogen-bond donors (Lipinski definition) is 1. The smallest absolute Gasteiger partial charge is 0.154 e. The first-order chi connectivity index (χ1) is 6.83. The van der Waals surface area contributed by atoms with Gasteiger partial charge < -0.3 is 9.84 Å². The van der Waals surface area contributed by atoms with Crippen LogP contribution < -0.4 is 0 Å². The fraction of sp³-hybridized carbons (Fsp3) is 0.909. The van der Waals surface area contributed by atoms with Gasteiger partial charge in [-0.05, 0) is 32.1 Å². The molecule has 0 heterocycles. The average molecular weight is 197 g/mol. The molecule has 0 aliphatic heterocycles. The van der Waals surface area contributed by atoms with Gasteiger partial charge >= 0.3 is 0 Å². The summed E-state index contributed by atoms with van der Waals surface area (Å²) in [6.45, 7) is 0.644. The molecule has 1 N–H and O–H groups in total. The van der Waals surface area contributed by atoms with E-state index in [0.29, 0.717) is 13.0 Å². The Morgan fingerprint density at radius 1 is 1.21 bits per heavy atom. The minimum Gasteiger partial charge on any atom is -0.396 e. The van der Waals surface area contributed by atoms with Crippen LogP contribution in [0.1, 0.15) is 44.9 Å². The number of rotatable bonds is 4. The molecule has 0 aromatic rings. The summed E-state index contributed by atoms with van der Waals surface area (Å²) in [6.07, 6.45) is 6.95. The number of aliphatic hydroxyl groups is 1. The third kappa shape index (κ3) is 3.28. The number of nitriles is 1. The van der Waals surface area contributed by atoms with Gasteiger partial charge in [0.2, 0.25) is 0 Å². The number of nitrogens with zero attached hydrogens (tertiary/aromatic N) is 1. The first kappa shape index (κ1) is 11.5. The van der Waals surface area contributed by atoms with Crippen molar-refractivity contribution in [1.29, 1.82) is 5.26 Å². The Morgan fingerprint density at radius 3 is 2.36 bits per heavy atom. The maximum atomic E-state index is 9.13. The standard InChI is InChI=1S/C11H19NO2/c12-10-11(14-9-5-8-13)6-3-1-2-4-7-11/h13H,1-9H2. The molecule has 3 nitrogen and oxygen atoms in total. The molecule has 1 aliphatic rings. The minimum atomic E-state index is -0.550. The average Bonchev–Trinajstić information content (AvgIpc) is 2.45. The molecule has 80 valence electrons. The third-order valence-corrected chi connectivity index (χ3v) is 2.80. The fourth-order valence-corrected chi connectivity index (χ4v) is 1.92. The SMILES string of the molecule is N#CC1(OCCCO)CCCCCC1. The normalized spacial score (nSPS) is 21.1. The molecule has 0 aromatic carbocycles. The van der Waals surface area contributed by atoms with Crippen molar-refractivity contribution in [1.82, 2.24) is 0 Å². The van der Waals surface area contributed by atoms with Crippen LogP contribution in [0.15, 0.2) is 0 Å². The van der Waals surface area contributed by atoms with Crippen molar-refractivity contribution < 1.29 is 9.84 Å². The van der Waals surface area contributed by atoms with Gasteiger partial charge in [0.1, 0.15) is 0 Å². The molecule has 14 heavy (non-hydrogen) atoms. The van der Waals surface area contributed by atoms with Gasteiger partial charge in [0.05, 0.1) is 12.7 Å². The zero-order valence-corrected chi connectivity index (χ0v) is 8.67. The van der Waals surface area contributed by atoms with Gasteiger partial charge in [-0.15, -0.1) is 0 Å². The van der Waals surface area contributed by atoms with E-state index in [1.165, 1.54) is 12.8 Å². The molecule has 0 aromatic heterocycles. The van der Waals surface area contributed by atoms with Crippen LogP contribution in [0, 0.1) is 11.3 Å². The van der Waals surface area contributed by atoms with Gasteiger partial charge in [0, 0.05) is 6.61 Å². The number of ether oxygens (including phenoxy) is 1. The van der Waals surface area contributed by atoms with E-state index in [0.717, 1.165) is 25.7 Å². The third-order valence-electron chi connectivity index (χ3n) is 2.80. The second-order valence-corrected chi connectivity index (χ2v) is 3.95. The molecule has 1 saturated carbocycles. The van der Waals surface area contributed by atoms with Crippen molar-refractivity contribution in [3.8, 4) is 6.07 Å². The van der Waals surface area contributed by atoms with Gasteiger partial charge in [-0.3, -0.25) is 0 Å². The highest BCUT2D eigenvalue weighted by atomic mass is 16.5. The lowest BCUT2D eigenvalue weighted by atomic mass is 9.96. The molecule has 3 heteroatoms. The van der Waals surface area contributed by atoms with E-state index in [-0.39, 0.29) is 6.61 Å². The van der Waals surface area contributed by atoms with Crippen LogP contribution in [0.2, 0.25) is 0 Å². The van der Waals surface area contributed by atoms with Crippen molar-refractivity contribution in [3.05, 3.63) is 0 Å². The molecule has 0 bridgehead atoms. The second-order valence-electron chi connectivity index (χ2n) is 3.95. The Kier molecular flexibility index (Phi) is 4.92. The zero-order valence-electron chi connectivity index (χ0n) is 8.67. The summed E-state index contributed by atoms with van der Waals surface area (Å²) in [5.74, 6) is 0.